The summed E-state index contributed by atoms with van der Waals surface area (Å²) in [4.78, 5) is 12.6. The highest BCUT2D eigenvalue weighted by atomic mass is 32.1. The molecular formula is C13H19N5OS. The van der Waals surface area contributed by atoms with Crippen LogP contribution in [0.3, 0.4) is 0 Å². The minimum Gasteiger partial charge on any atom is -0.369 e. The van der Waals surface area contributed by atoms with Gasteiger partial charge in [-0.05, 0) is 49.3 Å². The van der Waals surface area contributed by atoms with Gasteiger partial charge in [-0.2, -0.15) is 0 Å². The minimum absolute atomic E-state index is 0.134. The number of nitrogens with two attached hydrogens (primary N) is 1. The third-order valence-electron chi connectivity index (χ3n) is 2.69. The minimum atomic E-state index is -0.164. The van der Waals surface area contributed by atoms with E-state index in [9.17, 15) is 4.79 Å². The molecule has 5 N–H and O–H groups in total. The van der Waals surface area contributed by atoms with Gasteiger partial charge >= 0.3 is 0 Å². The van der Waals surface area contributed by atoms with E-state index >= 15 is 0 Å². The van der Waals surface area contributed by atoms with Crippen LogP contribution in [0.2, 0.25) is 0 Å². The lowest BCUT2D eigenvalue weighted by Gasteiger charge is -2.26. The molecule has 1 amide bonds. The molecule has 0 saturated carbocycles. The van der Waals surface area contributed by atoms with E-state index in [0.29, 0.717) is 10.8 Å². The summed E-state index contributed by atoms with van der Waals surface area (Å²) >= 11 is 5.18. The van der Waals surface area contributed by atoms with Crippen LogP contribution in [-0.2, 0) is 4.79 Å². The van der Waals surface area contributed by atoms with Crippen molar-refractivity contribution in [2.24, 2.45) is 5.73 Å². The second-order valence-electron chi connectivity index (χ2n) is 4.42. The van der Waals surface area contributed by atoms with E-state index in [1.54, 1.807) is 7.05 Å². The normalized spacial score (nSPS) is 9.80. The Morgan fingerprint density at radius 1 is 1.35 bits per heavy atom. The maximum Gasteiger partial charge on any atom is 0.221 e. The Morgan fingerprint density at radius 2 is 1.85 bits per heavy atom. The van der Waals surface area contributed by atoms with E-state index in [0.717, 1.165) is 16.8 Å². The van der Waals surface area contributed by atoms with Crippen LogP contribution in [0.25, 0.3) is 0 Å². The molecule has 0 radical (unpaired) electrons. The number of amides is 1. The largest absolute Gasteiger partial charge is 0.369 e. The average molecular weight is 293 g/mol. The third kappa shape index (κ3) is 3.45. The first-order chi connectivity index (χ1) is 9.27. The first-order valence-electron chi connectivity index (χ1n) is 6.02. The molecule has 0 aliphatic carbocycles. The smallest absolute Gasteiger partial charge is 0.221 e. The highest BCUT2D eigenvalue weighted by Gasteiger charge is 2.19. The molecule has 0 heterocycles. The summed E-state index contributed by atoms with van der Waals surface area (Å²) in [5.41, 5.74) is 8.78. The molecule has 0 bridgehead atoms. The fraction of sp³-hybridized carbons (Fsp3) is 0.308. The maximum atomic E-state index is 11.1. The fourth-order valence-corrected chi connectivity index (χ4v) is 2.22. The number of hydrogen-bond donors (Lipinski definition) is 4. The van der Waals surface area contributed by atoms with Crippen molar-refractivity contribution in [2.75, 3.05) is 17.3 Å². The van der Waals surface area contributed by atoms with Crippen molar-refractivity contribution in [3.63, 3.8) is 0 Å². The molecule has 0 atom stereocenters. The van der Waals surface area contributed by atoms with Gasteiger partial charge in [0.15, 0.2) is 11.1 Å². The van der Waals surface area contributed by atoms with Crippen LogP contribution in [0.5, 0.6) is 0 Å². The molecule has 0 spiro atoms. The van der Waals surface area contributed by atoms with Crippen LogP contribution in [0, 0.1) is 19.3 Å². The first-order valence-corrected chi connectivity index (χ1v) is 6.43. The Balaban J connectivity index is 3.34. The van der Waals surface area contributed by atoms with Crippen molar-refractivity contribution in [3.05, 3.63) is 23.3 Å². The van der Waals surface area contributed by atoms with Crippen molar-refractivity contribution in [1.29, 1.82) is 5.41 Å². The zero-order valence-corrected chi connectivity index (χ0v) is 12.8. The highest BCUT2D eigenvalue weighted by molar-refractivity contribution is 7.80. The topological polar surface area (TPSA) is 94.2 Å². The molecule has 0 saturated heterocycles. The molecule has 1 rings (SSSR count). The Hall–Kier alpha value is -2.15. The quantitative estimate of drug-likeness (QED) is 0.376. The molecule has 1 aromatic rings. The number of carbonyl (C=O) groups excluding carboxylic acids is 1. The molecular weight excluding hydrogens is 274 g/mol. The molecule has 0 unspecified atom stereocenters. The van der Waals surface area contributed by atoms with Gasteiger partial charge in [0.05, 0.1) is 5.69 Å². The van der Waals surface area contributed by atoms with E-state index in [1.165, 1.54) is 11.8 Å². The van der Waals surface area contributed by atoms with Gasteiger partial charge in [0, 0.05) is 19.7 Å². The molecule has 0 aliphatic rings. The molecule has 0 aromatic heterocycles. The molecule has 108 valence electrons. The molecule has 0 aliphatic heterocycles. The standard InChI is InChI=1S/C13H19N5OS/c1-7-5-10(17-9(3)19)6-8(2)11(7)18(12(14)15)13(20)16-4/h5-6H,1-4H3,(H3,14,15)(H,16,20)(H,17,19). The maximum absolute atomic E-state index is 11.1. The van der Waals surface area contributed by atoms with Gasteiger partial charge in [0.25, 0.3) is 0 Å². The van der Waals surface area contributed by atoms with Crippen molar-refractivity contribution >= 4 is 40.6 Å². The SMILES string of the molecule is CNC(=S)N(C(=N)N)c1c(C)cc(NC(C)=O)cc1C. The van der Waals surface area contributed by atoms with Crippen LogP contribution in [-0.4, -0.2) is 24.0 Å². The van der Waals surface area contributed by atoms with E-state index < -0.39 is 0 Å². The zero-order valence-electron chi connectivity index (χ0n) is 12.0. The van der Waals surface area contributed by atoms with Gasteiger partial charge in [0.2, 0.25) is 5.91 Å². The van der Waals surface area contributed by atoms with Gasteiger partial charge in [0.1, 0.15) is 0 Å². The predicted molar refractivity (Wildman–Crippen MR) is 86.3 cm³/mol. The van der Waals surface area contributed by atoms with E-state index in [4.69, 9.17) is 23.4 Å². The highest BCUT2D eigenvalue weighted by Crippen LogP contribution is 2.28. The van der Waals surface area contributed by atoms with Crippen molar-refractivity contribution in [1.82, 2.24) is 5.32 Å². The second kappa shape index (κ2) is 6.33. The number of carbonyl (C=O) groups is 1. The summed E-state index contributed by atoms with van der Waals surface area (Å²) in [7, 11) is 1.68. The summed E-state index contributed by atoms with van der Waals surface area (Å²) in [5.74, 6) is -0.298. The van der Waals surface area contributed by atoms with Gasteiger partial charge in [-0.1, -0.05) is 0 Å². The second-order valence-corrected chi connectivity index (χ2v) is 4.80. The van der Waals surface area contributed by atoms with Crippen LogP contribution in [0.4, 0.5) is 11.4 Å². The predicted octanol–water partition coefficient (Wildman–Crippen LogP) is 1.47. The zero-order chi connectivity index (χ0) is 15.4. The number of rotatable bonds is 2. The molecule has 7 heteroatoms. The van der Waals surface area contributed by atoms with Crippen molar-refractivity contribution in [2.45, 2.75) is 20.8 Å². The van der Waals surface area contributed by atoms with Gasteiger partial charge in [-0.3, -0.25) is 15.1 Å². The number of guanidine groups is 1. The Morgan fingerprint density at radius 3 is 2.20 bits per heavy atom. The lowest BCUT2D eigenvalue weighted by molar-refractivity contribution is -0.114. The Labute approximate surface area is 123 Å². The Bertz CT molecular complexity index is 547. The summed E-state index contributed by atoms with van der Waals surface area (Å²) < 4.78 is 0. The average Bonchev–Trinajstić information content (AvgIpc) is 2.31. The Kier molecular flexibility index (Phi) is 5.04. The number of aryl methyl sites for hydroxylation is 2. The summed E-state index contributed by atoms with van der Waals surface area (Å²) in [6.45, 7) is 5.21. The summed E-state index contributed by atoms with van der Waals surface area (Å²) in [6.07, 6.45) is 0. The van der Waals surface area contributed by atoms with Gasteiger partial charge in [-0.25, -0.2) is 0 Å². The number of hydrogen-bond acceptors (Lipinski definition) is 3. The molecule has 20 heavy (non-hydrogen) atoms. The first kappa shape index (κ1) is 15.9. The molecule has 1 aromatic carbocycles. The molecule has 0 fully saturated rings. The number of anilines is 2. The van der Waals surface area contributed by atoms with Crippen LogP contribution >= 0.6 is 12.2 Å². The van der Waals surface area contributed by atoms with E-state index in [-0.39, 0.29) is 11.9 Å². The number of nitrogens with one attached hydrogen (secondary N) is 3. The lowest BCUT2D eigenvalue weighted by atomic mass is 10.1. The van der Waals surface area contributed by atoms with Gasteiger partial charge < -0.3 is 16.4 Å². The third-order valence-corrected chi connectivity index (χ3v) is 3.08. The summed E-state index contributed by atoms with van der Waals surface area (Å²) in [6, 6.07) is 3.63. The fourth-order valence-electron chi connectivity index (χ4n) is 2.03. The van der Waals surface area contributed by atoms with Crippen LogP contribution < -0.4 is 21.3 Å². The van der Waals surface area contributed by atoms with E-state index in [2.05, 4.69) is 10.6 Å². The van der Waals surface area contributed by atoms with Crippen molar-refractivity contribution < 1.29 is 4.79 Å². The van der Waals surface area contributed by atoms with Gasteiger partial charge in [-0.15, -0.1) is 0 Å². The monoisotopic (exact) mass is 293 g/mol. The number of thiocarbonyl (C=S) groups is 1. The van der Waals surface area contributed by atoms with Crippen molar-refractivity contribution in [3.8, 4) is 0 Å². The van der Waals surface area contributed by atoms with Crippen LogP contribution in [0.1, 0.15) is 18.1 Å². The molecule has 6 nitrogen and oxygen atoms in total. The summed E-state index contributed by atoms with van der Waals surface area (Å²) in [5, 5.41) is 13.6. The van der Waals surface area contributed by atoms with Crippen LogP contribution in [0.15, 0.2) is 12.1 Å². The van der Waals surface area contributed by atoms with E-state index in [1.807, 2.05) is 26.0 Å². The number of nitrogens with zero attached hydrogens (tertiary/aromatic N) is 1. The lowest BCUT2D eigenvalue weighted by Crippen LogP contribution is -2.46. The number of benzene rings is 1.